The van der Waals surface area contributed by atoms with Gasteiger partial charge in [0.2, 0.25) is 0 Å². The molecule has 0 fully saturated rings. The van der Waals surface area contributed by atoms with E-state index in [0.29, 0.717) is 62.9 Å². The molecule has 0 amide bonds. The highest BCUT2D eigenvalue weighted by atomic mass is 35.5. The van der Waals surface area contributed by atoms with E-state index in [1.165, 1.54) is 0 Å². The number of hydrogen-bond donors (Lipinski definition) is 0. The van der Waals surface area contributed by atoms with E-state index in [1.807, 2.05) is 72.8 Å². The molecule has 6 nitrogen and oxygen atoms in total. The minimum absolute atomic E-state index is 0.300. The summed E-state index contributed by atoms with van der Waals surface area (Å²) in [6.07, 6.45) is -1.10. The highest BCUT2D eigenvalue weighted by Gasteiger charge is 2.30. The molecule has 0 aliphatic carbocycles. The van der Waals surface area contributed by atoms with Gasteiger partial charge < -0.3 is 28.4 Å². The molecule has 0 aromatic heterocycles. The molecule has 8 heteroatoms. The quantitative estimate of drug-likeness (QED) is 0.178. The predicted molar refractivity (Wildman–Crippen MR) is 200 cm³/mol. The fourth-order valence-electron chi connectivity index (χ4n) is 6.44. The summed E-state index contributed by atoms with van der Waals surface area (Å²) in [6, 6.07) is 40.2. The molecule has 1 heterocycles. The number of ether oxygens (including phenoxy) is 6. The molecule has 6 aromatic rings. The van der Waals surface area contributed by atoms with E-state index < -0.39 is 12.2 Å². The van der Waals surface area contributed by atoms with Crippen molar-refractivity contribution in [2.75, 3.05) is 52.9 Å². The molecule has 0 saturated heterocycles. The van der Waals surface area contributed by atoms with Gasteiger partial charge in [0, 0.05) is 32.3 Å². The van der Waals surface area contributed by atoms with E-state index >= 15 is 0 Å². The largest absolute Gasteiger partial charge is 0.491 e. The topological polar surface area (TPSA) is 55.4 Å². The van der Waals surface area contributed by atoms with Crippen molar-refractivity contribution in [3.8, 4) is 22.6 Å². The van der Waals surface area contributed by atoms with Crippen molar-refractivity contribution in [1.82, 2.24) is 0 Å². The Labute approximate surface area is 302 Å². The third kappa shape index (κ3) is 7.77. The van der Waals surface area contributed by atoms with Gasteiger partial charge in [0.15, 0.2) is 0 Å². The van der Waals surface area contributed by atoms with Crippen LogP contribution in [0.5, 0.6) is 11.5 Å². The zero-order valence-corrected chi connectivity index (χ0v) is 29.1. The van der Waals surface area contributed by atoms with Crippen molar-refractivity contribution >= 4 is 44.7 Å². The number of halogens is 2. The van der Waals surface area contributed by atoms with Crippen LogP contribution in [-0.2, 0) is 18.9 Å². The highest BCUT2D eigenvalue weighted by molar-refractivity contribution is 6.31. The first-order valence-electron chi connectivity index (χ1n) is 16.9. The lowest BCUT2D eigenvalue weighted by Crippen LogP contribution is -2.23. The smallest absolute Gasteiger partial charge is 0.128 e. The van der Waals surface area contributed by atoms with Crippen molar-refractivity contribution in [3.63, 3.8) is 0 Å². The van der Waals surface area contributed by atoms with Gasteiger partial charge in [-0.2, -0.15) is 0 Å². The Morgan fingerprint density at radius 3 is 1.26 bits per heavy atom. The Kier molecular flexibility index (Phi) is 11.5. The van der Waals surface area contributed by atoms with Gasteiger partial charge in [-0.1, -0.05) is 120 Å². The van der Waals surface area contributed by atoms with Gasteiger partial charge in [-0.25, -0.2) is 0 Å². The molecule has 0 bridgehead atoms. The average Bonchev–Trinajstić information content (AvgIpc) is 3.14. The van der Waals surface area contributed by atoms with Gasteiger partial charge >= 0.3 is 0 Å². The van der Waals surface area contributed by atoms with Gasteiger partial charge in [0.25, 0.3) is 0 Å². The van der Waals surface area contributed by atoms with Crippen LogP contribution in [0.2, 0.25) is 10.0 Å². The number of fused-ring (bicyclic) bond motifs is 7. The van der Waals surface area contributed by atoms with Crippen molar-refractivity contribution in [3.05, 3.63) is 142 Å². The standard InChI is InChI=1S/C42H38Cl2O6/c43-35-15-7-5-13-33(35)41-42(34-14-6-8-16-36(34)44)50-28-24-46-22-26-48-38-20-18-30-10-2-4-12-32(30)40(38)39-31-11-3-1-9-29(31)17-19-37(39)47-25-21-45-23-27-49-41/h1-20,41-42H,21-28H2/t41-,42-/m0/s1. The van der Waals surface area contributed by atoms with Crippen molar-refractivity contribution in [2.24, 2.45) is 0 Å². The maximum Gasteiger partial charge on any atom is 0.128 e. The molecule has 0 unspecified atom stereocenters. The van der Waals surface area contributed by atoms with E-state index in [0.717, 1.165) is 55.3 Å². The molecule has 0 radical (unpaired) electrons. The fraction of sp³-hybridized carbons (Fsp3) is 0.238. The molecule has 7 rings (SSSR count). The maximum absolute atomic E-state index is 6.72. The van der Waals surface area contributed by atoms with Crippen LogP contribution in [0.25, 0.3) is 32.7 Å². The first-order chi connectivity index (χ1) is 24.7. The second-order valence-corrected chi connectivity index (χ2v) is 12.7. The summed E-state index contributed by atoms with van der Waals surface area (Å²) >= 11 is 13.4. The Balaban J connectivity index is 1.19. The maximum atomic E-state index is 6.72. The number of rotatable bonds is 2. The van der Waals surface area contributed by atoms with Gasteiger partial charge in [0.05, 0.1) is 39.6 Å². The summed E-state index contributed by atoms with van der Waals surface area (Å²) in [4.78, 5) is 0. The Bertz CT molecular complexity index is 1900. The summed E-state index contributed by atoms with van der Waals surface area (Å²) < 4.78 is 38.0. The molecule has 2 atom stereocenters. The van der Waals surface area contributed by atoms with Crippen molar-refractivity contribution < 1.29 is 28.4 Å². The average molecular weight is 710 g/mol. The molecule has 6 aromatic carbocycles. The van der Waals surface area contributed by atoms with E-state index in [2.05, 4.69) is 48.5 Å². The Morgan fingerprint density at radius 2 is 0.800 bits per heavy atom. The molecule has 50 heavy (non-hydrogen) atoms. The number of hydrogen-bond acceptors (Lipinski definition) is 6. The van der Waals surface area contributed by atoms with E-state index in [-0.39, 0.29) is 0 Å². The Morgan fingerprint density at radius 1 is 0.400 bits per heavy atom. The summed E-state index contributed by atoms with van der Waals surface area (Å²) in [5.41, 5.74) is 3.56. The van der Waals surface area contributed by atoms with Crippen molar-refractivity contribution in [2.45, 2.75) is 12.2 Å². The molecule has 0 N–H and O–H groups in total. The third-order valence-corrected chi connectivity index (χ3v) is 9.44. The van der Waals surface area contributed by atoms with Crippen LogP contribution in [0, 0.1) is 0 Å². The molecule has 0 spiro atoms. The van der Waals surface area contributed by atoms with Crippen LogP contribution in [0.4, 0.5) is 0 Å². The fourth-order valence-corrected chi connectivity index (χ4v) is 6.93. The molecule has 1 aliphatic heterocycles. The zero-order chi connectivity index (χ0) is 34.1. The van der Waals surface area contributed by atoms with Gasteiger partial charge in [-0.15, -0.1) is 0 Å². The van der Waals surface area contributed by atoms with Crippen LogP contribution < -0.4 is 9.47 Å². The van der Waals surface area contributed by atoms with Crippen LogP contribution in [0.15, 0.2) is 121 Å². The lowest BCUT2D eigenvalue weighted by molar-refractivity contribution is -0.0993. The minimum atomic E-state index is -0.552. The second-order valence-electron chi connectivity index (χ2n) is 11.9. The van der Waals surface area contributed by atoms with Crippen LogP contribution >= 0.6 is 23.2 Å². The molecule has 1 aliphatic rings. The summed E-state index contributed by atoms with van der Waals surface area (Å²) in [7, 11) is 0. The van der Waals surface area contributed by atoms with E-state index in [9.17, 15) is 0 Å². The first kappa shape index (κ1) is 34.3. The zero-order valence-electron chi connectivity index (χ0n) is 27.6. The normalized spacial score (nSPS) is 18.4. The van der Waals surface area contributed by atoms with Crippen LogP contribution in [0.1, 0.15) is 23.3 Å². The number of benzene rings is 6. The molecular formula is C42H38Cl2O6. The minimum Gasteiger partial charge on any atom is -0.491 e. The third-order valence-electron chi connectivity index (χ3n) is 8.75. The van der Waals surface area contributed by atoms with E-state index in [1.54, 1.807) is 0 Å². The Hall–Kier alpha value is -4.14. The van der Waals surface area contributed by atoms with Crippen molar-refractivity contribution in [1.29, 1.82) is 0 Å². The molecule has 256 valence electrons. The van der Waals surface area contributed by atoms with Gasteiger partial charge in [0.1, 0.15) is 36.9 Å². The molecule has 0 saturated carbocycles. The summed E-state index contributed by atoms with van der Waals surface area (Å²) in [6.45, 7) is 2.71. The highest BCUT2D eigenvalue weighted by Crippen LogP contribution is 2.46. The predicted octanol–water partition coefficient (Wildman–Crippen LogP) is 10.3. The van der Waals surface area contributed by atoms with E-state index in [4.69, 9.17) is 51.6 Å². The monoisotopic (exact) mass is 708 g/mol. The first-order valence-corrected chi connectivity index (χ1v) is 17.6. The molecular weight excluding hydrogens is 671 g/mol. The lowest BCUT2D eigenvalue weighted by atomic mass is 9.92. The van der Waals surface area contributed by atoms with Crippen LogP contribution in [0.3, 0.4) is 0 Å². The second kappa shape index (κ2) is 16.7. The van der Waals surface area contributed by atoms with Gasteiger partial charge in [-0.05, 0) is 45.8 Å². The SMILES string of the molecule is Clc1ccccc1[C@@H]1OCCOCCOc2ccc3ccccc3c2-c2c(ccc3ccccc23)OCCOCCO[C@H]1c1ccccc1Cl. The summed E-state index contributed by atoms with van der Waals surface area (Å²) in [5.74, 6) is 1.52. The van der Waals surface area contributed by atoms with Crippen LogP contribution in [-0.4, -0.2) is 52.9 Å². The lowest BCUT2D eigenvalue weighted by Gasteiger charge is -2.29. The summed E-state index contributed by atoms with van der Waals surface area (Å²) in [5, 5.41) is 5.54. The van der Waals surface area contributed by atoms with Gasteiger partial charge in [-0.3, -0.25) is 0 Å².